The molecule has 0 N–H and O–H groups in total. The van der Waals surface area contributed by atoms with E-state index in [-0.39, 0.29) is 11.9 Å². The van der Waals surface area contributed by atoms with Gasteiger partial charge in [0.1, 0.15) is 5.75 Å². The number of carbonyl (C=O) groups excluding carboxylic acids is 1. The van der Waals surface area contributed by atoms with Crippen LogP contribution in [0, 0.1) is 13.8 Å². The third-order valence-electron chi connectivity index (χ3n) is 6.62. The van der Waals surface area contributed by atoms with Crippen LogP contribution in [0.3, 0.4) is 0 Å². The van der Waals surface area contributed by atoms with Crippen LogP contribution in [0.2, 0.25) is 0 Å². The number of amides is 1. The third-order valence-corrected chi connectivity index (χ3v) is 6.62. The molecular formula is C29H34N2O2. The number of piperazine rings is 1. The molecule has 3 aromatic carbocycles. The van der Waals surface area contributed by atoms with Gasteiger partial charge in [0.05, 0.1) is 6.04 Å². The molecule has 1 amide bonds. The van der Waals surface area contributed by atoms with E-state index in [1.807, 2.05) is 30.0 Å². The van der Waals surface area contributed by atoms with Crippen LogP contribution >= 0.6 is 0 Å². The number of benzene rings is 3. The van der Waals surface area contributed by atoms with Gasteiger partial charge < -0.3 is 9.64 Å². The van der Waals surface area contributed by atoms with E-state index in [1.165, 1.54) is 22.3 Å². The molecule has 1 atom stereocenters. The first-order valence-electron chi connectivity index (χ1n) is 11.9. The Labute approximate surface area is 197 Å². The molecule has 0 spiro atoms. The quantitative estimate of drug-likeness (QED) is 0.491. The van der Waals surface area contributed by atoms with Crippen molar-refractivity contribution in [3.8, 4) is 5.75 Å². The third kappa shape index (κ3) is 5.45. The molecule has 1 aliphatic heterocycles. The lowest BCUT2D eigenvalue weighted by Gasteiger charge is -2.40. The first kappa shape index (κ1) is 23.1. The summed E-state index contributed by atoms with van der Waals surface area (Å²) < 4.78 is 6.12. The average Bonchev–Trinajstić information content (AvgIpc) is 2.86. The highest BCUT2D eigenvalue weighted by molar-refractivity contribution is 5.81. The van der Waals surface area contributed by atoms with Crippen molar-refractivity contribution in [1.29, 1.82) is 0 Å². The number of ether oxygens (including phenoxy) is 1. The molecule has 3 aromatic rings. The summed E-state index contributed by atoms with van der Waals surface area (Å²) in [5.41, 5.74) is 4.97. The molecule has 0 radical (unpaired) electrons. The molecular weight excluding hydrogens is 408 g/mol. The van der Waals surface area contributed by atoms with E-state index in [4.69, 9.17) is 4.74 Å². The Kier molecular flexibility index (Phi) is 7.46. The Morgan fingerprint density at radius 2 is 1.39 bits per heavy atom. The van der Waals surface area contributed by atoms with Gasteiger partial charge in [-0.15, -0.1) is 0 Å². The van der Waals surface area contributed by atoms with Crippen LogP contribution in [-0.4, -0.2) is 48.0 Å². The molecule has 0 bridgehead atoms. The lowest BCUT2D eigenvalue weighted by molar-refractivity contribution is -0.140. The molecule has 0 aromatic heterocycles. The first-order valence-corrected chi connectivity index (χ1v) is 11.9. The summed E-state index contributed by atoms with van der Waals surface area (Å²) in [5.74, 6) is 0.858. The zero-order valence-electron chi connectivity index (χ0n) is 19.9. The van der Waals surface area contributed by atoms with Crippen LogP contribution in [0.15, 0.2) is 78.9 Å². The second-order valence-corrected chi connectivity index (χ2v) is 8.85. The smallest absolute Gasteiger partial charge is 0.263 e. The van der Waals surface area contributed by atoms with E-state index in [0.29, 0.717) is 19.5 Å². The molecule has 4 heteroatoms. The lowest BCUT2D eigenvalue weighted by Crippen LogP contribution is -2.53. The molecule has 33 heavy (non-hydrogen) atoms. The van der Waals surface area contributed by atoms with Crippen LogP contribution in [-0.2, 0) is 4.79 Å². The topological polar surface area (TPSA) is 32.8 Å². The molecule has 1 fully saturated rings. The molecule has 0 saturated carbocycles. The second kappa shape index (κ2) is 10.7. The highest BCUT2D eigenvalue weighted by atomic mass is 16.5. The minimum Gasteiger partial charge on any atom is -0.481 e. The van der Waals surface area contributed by atoms with Gasteiger partial charge in [-0.2, -0.15) is 0 Å². The maximum atomic E-state index is 13.3. The lowest BCUT2D eigenvalue weighted by atomic mass is 9.96. The van der Waals surface area contributed by atoms with Gasteiger partial charge in [-0.1, -0.05) is 73.7 Å². The Hall–Kier alpha value is -3.11. The van der Waals surface area contributed by atoms with Crippen molar-refractivity contribution < 1.29 is 9.53 Å². The molecule has 0 unspecified atom stereocenters. The standard InChI is InChI=1S/C29H34N2O2/c1-4-27(33-26-16-15-22(2)23(3)21-26)29(32)31-19-17-30(18-20-31)28(24-11-7-5-8-12-24)25-13-9-6-10-14-25/h5-16,21,27-28H,4,17-20H2,1-3H3/t27-/m1/s1. The van der Waals surface area contributed by atoms with Crippen LogP contribution in [0.1, 0.15) is 41.6 Å². The number of hydrogen-bond donors (Lipinski definition) is 0. The van der Waals surface area contributed by atoms with E-state index in [0.717, 1.165) is 18.8 Å². The minimum atomic E-state index is -0.447. The maximum Gasteiger partial charge on any atom is 0.263 e. The van der Waals surface area contributed by atoms with Crippen molar-refractivity contribution in [3.63, 3.8) is 0 Å². The Morgan fingerprint density at radius 1 is 0.818 bits per heavy atom. The van der Waals surface area contributed by atoms with Gasteiger partial charge in [-0.05, 0) is 54.7 Å². The minimum absolute atomic E-state index is 0.0892. The van der Waals surface area contributed by atoms with Gasteiger partial charge in [0.15, 0.2) is 6.10 Å². The number of nitrogens with zero attached hydrogens (tertiary/aromatic N) is 2. The monoisotopic (exact) mass is 442 g/mol. The van der Waals surface area contributed by atoms with Crippen molar-refractivity contribution in [2.45, 2.75) is 39.3 Å². The summed E-state index contributed by atoms with van der Waals surface area (Å²) in [5, 5.41) is 0. The highest BCUT2D eigenvalue weighted by Gasteiger charge is 2.31. The molecule has 1 aliphatic rings. The van der Waals surface area contributed by atoms with Crippen LogP contribution in [0.25, 0.3) is 0 Å². The Balaban J connectivity index is 1.44. The molecule has 0 aliphatic carbocycles. The molecule has 4 rings (SSSR count). The van der Waals surface area contributed by atoms with Gasteiger partial charge >= 0.3 is 0 Å². The van der Waals surface area contributed by atoms with Crippen molar-refractivity contribution in [2.75, 3.05) is 26.2 Å². The molecule has 1 heterocycles. The second-order valence-electron chi connectivity index (χ2n) is 8.85. The fourth-order valence-corrected chi connectivity index (χ4v) is 4.55. The summed E-state index contributed by atoms with van der Waals surface area (Å²) >= 11 is 0. The van der Waals surface area contributed by atoms with E-state index in [2.05, 4.69) is 79.4 Å². The van der Waals surface area contributed by atoms with Crippen molar-refractivity contribution >= 4 is 5.91 Å². The predicted octanol–water partition coefficient (Wildman–Crippen LogP) is 5.39. The van der Waals surface area contributed by atoms with Crippen LogP contribution in [0.4, 0.5) is 0 Å². The van der Waals surface area contributed by atoms with E-state index in [1.54, 1.807) is 0 Å². The number of aryl methyl sites for hydroxylation is 2. The SMILES string of the molecule is CC[C@@H](Oc1ccc(C)c(C)c1)C(=O)N1CCN(C(c2ccccc2)c2ccccc2)CC1. The largest absolute Gasteiger partial charge is 0.481 e. The van der Waals surface area contributed by atoms with Crippen molar-refractivity contribution in [1.82, 2.24) is 9.80 Å². The normalized spacial score (nSPS) is 15.5. The number of carbonyl (C=O) groups is 1. The number of hydrogen-bond acceptors (Lipinski definition) is 3. The fraction of sp³-hybridized carbons (Fsp3) is 0.345. The zero-order valence-corrected chi connectivity index (χ0v) is 19.9. The van der Waals surface area contributed by atoms with E-state index < -0.39 is 6.10 Å². The average molecular weight is 443 g/mol. The first-order chi connectivity index (χ1) is 16.1. The molecule has 172 valence electrons. The van der Waals surface area contributed by atoms with E-state index in [9.17, 15) is 4.79 Å². The molecule has 1 saturated heterocycles. The van der Waals surface area contributed by atoms with Crippen LogP contribution in [0.5, 0.6) is 5.75 Å². The van der Waals surface area contributed by atoms with Gasteiger partial charge in [0, 0.05) is 26.2 Å². The summed E-state index contributed by atoms with van der Waals surface area (Å²) in [6, 6.07) is 27.5. The highest BCUT2D eigenvalue weighted by Crippen LogP contribution is 2.29. The van der Waals surface area contributed by atoms with Crippen molar-refractivity contribution in [2.24, 2.45) is 0 Å². The summed E-state index contributed by atoms with van der Waals surface area (Å²) in [7, 11) is 0. The molecule has 4 nitrogen and oxygen atoms in total. The van der Waals surface area contributed by atoms with Gasteiger partial charge in [0.2, 0.25) is 0 Å². The predicted molar refractivity (Wildman–Crippen MR) is 134 cm³/mol. The van der Waals surface area contributed by atoms with Gasteiger partial charge in [-0.25, -0.2) is 0 Å². The maximum absolute atomic E-state index is 13.3. The Bertz CT molecular complexity index is 1000. The summed E-state index contributed by atoms with van der Waals surface area (Å²) in [6.45, 7) is 9.25. The fourth-order valence-electron chi connectivity index (χ4n) is 4.55. The van der Waals surface area contributed by atoms with Crippen LogP contribution < -0.4 is 4.74 Å². The Morgan fingerprint density at radius 3 is 1.91 bits per heavy atom. The number of rotatable bonds is 7. The van der Waals surface area contributed by atoms with E-state index >= 15 is 0 Å². The summed E-state index contributed by atoms with van der Waals surface area (Å²) in [4.78, 5) is 17.7. The van der Waals surface area contributed by atoms with Gasteiger partial charge in [0.25, 0.3) is 5.91 Å². The van der Waals surface area contributed by atoms with Crippen molar-refractivity contribution in [3.05, 3.63) is 101 Å². The van der Waals surface area contributed by atoms with Gasteiger partial charge in [-0.3, -0.25) is 9.69 Å². The summed E-state index contributed by atoms with van der Waals surface area (Å²) in [6.07, 6.45) is 0.209. The zero-order chi connectivity index (χ0) is 23.2.